The van der Waals surface area contributed by atoms with Crippen LogP contribution in [0.1, 0.15) is 17.2 Å². The molecule has 0 saturated carbocycles. The number of benzene rings is 1. The zero-order valence-electron chi connectivity index (χ0n) is 10.4. The highest BCUT2D eigenvalue weighted by Crippen LogP contribution is 2.27. The van der Waals surface area contributed by atoms with E-state index in [0.717, 1.165) is 15.6 Å². The normalized spacial score (nSPS) is 12.2. The Bertz CT molecular complexity index is 577. The Labute approximate surface area is 119 Å². The predicted octanol–water partition coefficient (Wildman–Crippen LogP) is 3.23. The van der Waals surface area contributed by atoms with Crippen molar-refractivity contribution in [3.05, 3.63) is 57.9 Å². The van der Waals surface area contributed by atoms with Crippen molar-refractivity contribution in [1.82, 2.24) is 4.98 Å². The Kier molecular flexibility index (Phi) is 4.50. The van der Waals surface area contributed by atoms with Crippen molar-refractivity contribution in [3.8, 4) is 5.88 Å². The highest BCUT2D eigenvalue weighted by molar-refractivity contribution is 9.10. The van der Waals surface area contributed by atoms with Gasteiger partial charge in [-0.15, -0.1) is 0 Å². The Balaban J connectivity index is 2.25. The second kappa shape index (κ2) is 6.12. The number of nitrogens with zero attached hydrogens (tertiary/aromatic N) is 1. The van der Waals surface area contributed by atoms with Crippen molar-refractivity contribution in [2.45, 2.75) is 12.5 Å². The highest BCUT2D eigenvalue weighted by atomic mass is 79.9. The smallest absolute Gasteiger partial charge is 0.217 e. The van der Waals surface area contributed by atoms with Gasteiger partial charge in [-0.3, -0.25) is 0 Å². The van der Waals surface area contributed by atoms with E-state index in [0.29, 0.717) is 12.3 Å². The van der Waals surface area contributed by atoms with Gasteiger partial charge in [0.1, 0.15) is 5.82 Å². The average molecular weight is 325 g/mol. The minimum absolute atomic E-state index is 0.274. The maximum absolute atomic E-state index is 13.2. The van der Waals surface area contributed by atoms with Crippen LogP contribution in [0, 0.1) is 5.82 Å². The van der Waals surface area contributed by atoms with Crippen molar-refractivity contribution >= 4 is 15.9 Å². The molecule has 1 aromatic heterocycles. The molecule has 0 aliphatic rings. The number of methoxy groups -OCH3 is 1. The van der Waals surface area contributed by atoms with E-state index in [1.807, 2.05) is 6.07 Å². The molecular formula is C14H14BrFN2O. The summed E-state index contributed by atoms with van der Waals surface area (Å²) in [5.41, 5.74) is 7.78. The zero-order valence-corrected chi connectivity index (χ0v) is 12.0. The van der Waals surface area contributed by atoms with Gasteiger partial charge in [0, 0.05) is 22.3 Å². The van der Waals surface area contributed by atoms with Crippen LogP contribution in [-0.4, -0.2) is 12.1 Å². The van der Waals surface area contributed by atoms with Crippen molar-refractivity contribution in [2.24, 2.45) is 5.73 Å². The van der Waals surface area contributed by atoms with Crippen LogP contribution < -0.4 is 10.5 Å². The molecule has 0 aliphatic carbocycles. The Morgan fingerprint density at radius 1 is 1.42 bits per heavy atom. The van der Waals surface area contributed by atoms with Crippen molar-refractivity contribution in [1.29, 1.82) is 0 Å². The molecular weight excluding hydrogens is 311 g/mol. The van der Waals surface area contributed by atoms with E-state index in [2.05, 4.69) is 20.9 Å². The Hall–Kier alpha value is -1.46. The molecule has 5 heteroatoms. The summed E-state index contributed by atoms with van der Waals surface area (Å²) in [6.07, 6.45) is 2.15. The van der Waals surface area contributed by atoms with Crippen LogP contribution in [0.4, 0.5) is 4.39 Å². The third-order valence-corrected chi connectivity index (χ3v) is 3.61. The second-order valence-corrected chi connectivity index (χ2v) is 5.00. The van der Waals surface area contributed by atoms with Crippen LogP contribution in [0.25, 0.3) is 0 Å². The summed E-state index contributed by atoms with van der Waals surface area (Å²) in [6, 6.07) is 7.93. The number of hydrogen-bond donors (Lipinski definition) is 1. The molecule has 0 fully saturated rings. The van der Waals surface area contributed by atoms with Gasteiger partial charge in [0.2, 0.25) is 5.88 Å². The van der Waals surface area contributed by atoms with Gasteiger partial charge in [0.15, 0.2) is 0 Å². The summed E-state index contributed by atoms with van der Waals surface area (Å²) in [4.78, 5) is 4.11. The third kappa shape index (κ3) is 3.30. The van der Waals surface area contributed by atoms with E-state index in [9.17, 15) is 4.39 Å². The molecule has 2 aromatic rings. The molecule has 2 rings (SSSR count). The van der Waals surface area contributed by atoms with Crippen LogP contribution in [0.2, 0.25) is 0 Å². The number of ether oxygens (including phenoxy) is 1. The molecule has 1 aromatic carbocycles. The molecule has 2 N–H and O–H groups in total. The molecule has 0 amide bonds. The Morgan fingerprint density at radius 3 is 2.95 bits per heavy atom. The summed E-state index contributed by atoms with van der Waals surface area (Å²) in [7, 11) is 1.55. The molecule has 1 heterocycles. The lowest BCUT2D eigenvalue weighted by molar-refractivity contribution is 0.388. The first-order valence-electron chi connectivity index (χ1n) is 5.80. The lowest BCUT2D eigenvalue weighted by Gasteiger charge is -2.15. The van der Waals surface area contributed by atoms with Crippen LogP contribution in [0.3, 0.4) is 0 Å². The highest BCUT2D eigenvalue weighted by Gasteiger charge is 2.15. The lowest BCUT2D eigenvalue weighted by Crippen LogP contribution is -2.15. The first-order chi connectivity index (χ1) is 9.11. The van der Waals surface area contributed by atoms with Gasteiger partial charge in [0.05, 0.1) is 7.11 Å². The maximum Gasteiger partial charge on any atom is 0.217 e. The number of halogens is 2. The van der Waals surface area contributed by atoms with Gasteiger partial charge in [-0.1, -0.05) is 22.0 Å². The minimum atomic E-state index is -0.304. The fraction of sp³-hybridized carbons (Fsp3) is 0.214. The predicted molar refractivity (Wildman–Crippen MR) is 75.5 cm³/mol. The van der Waals surface area contributed by atoms with Crippen LogP contribution in [-0.2, 0) is 6.42 Å². The van der Waals surface area contributed by atoms with Crippen molar-refractivity contribution in [2.75, 3.05) is 7.11 Å². The van der Waals surface area contributed by atoms with E-state index in [1.54, 1.807) is 25.4 Å². The zero-order chi connectivity index (χ0) is 13.8. The Morgan fingerprint density at radius 2 is 2.21 bits per heavy atom. The summed E-state index contributed by atoms with van der Waals surface area (Å²) < 4.78 is 19.3. The minimum Gasteiger partial charge on any atom is -0.481 e. The molecule has 0 aliphatic heterocycles. The van der Waals surface area contributed by atoms with E-state index < -0.39 is 0 Å². The topological polar surface area (TPSA) is 48.1 Å². The summed E-state index contributed by atoms with van der Waals surface area (Å²) in [5, 5.41) is 0. The van der Waals surface area contributed by atoms with Crippen LogP contribution in [0.15, 0.2) is 41.0 Å². The molecule has 19 heavy (non-hydrogen) atoms. The van der Waals surface area contributed by atoms with Gasteiger partial charge in [-0.25, -0.2) is 9.37 Å². The monoisotopic (exact) mass is 324 g/mol. The molecule has 0 spiro atoms. The number of hydrogen-bond acceptors (Lipinski definition) is 3. The third-order valence-electron chi connectivity index (χ3n) is 2.84. The van der Waals surface area contributed by atoms with Gasteiger partial charge < -0.3 is 10.5 Å². The van der Waals surface area contributed by atoms with E-state index in [4.69, 9.17) is 10.5 Å². The standard InChI is InChI=1S/C14H14BrFN2O/c1-19-14-11(3-2-6-18-14)13(17)8-9-7-10(16)4-5-12(9)15/h2-7,13H,8,17H2,1H3. The molecule has 3 nitrogen and oxygen atoms in total. The van der Waals surface area contributed by atoms with Crippen LogP contribution >= 0.6 is 15.9 Å². The molecule has 0 saturated heterocycles. The molecule has 0 radical (unpaired) electrons. The summed E-state index contributed by atoms with van der Waals surface area (Å²) >= 11 is 3.40. The largest absolute Gasteiger partial charge is 0.481 e. The fourth-order valence-electron chi connectivity index (χ4n) is 1.90. The number of nitrogens with two attached hydrogens (primary N) is 1. The molecule has 1 unspecified atom stereocenters. The second-order valence-electron chi connectivity index (χ2n) is 4.15. The number of pyridine rings is 1. The maximum atomic E-state index is 13.2. The number of rotatable bonds is 4. The van der Waals surface area contributed by atoms with E-state index in [1.165, 1.54) is 12.1 Å². The SMILES string of the molecule is COc1ncccc1C(N)Cc1cc(F)ccc1Br. The average Bonchev–Trinajstić information content (AvgIpc) is 2.42. The van der Waals surface area contributed by atoms with Crippen molar-refractivity contribution in [3.63, 3.8) is 0 Å². The van der Waals surface area contributed by atoms with Crippen LogP contribution in [0.5, 0.6) is 5.88 Å². The van der Waals surface area contributed by atoms with E-state index >= 15 is 0 Å². The van der Waals surface area contributed by atoms with E-state index in [-0.39, 0.29) is 11.9 Å². The summed E-state index contributed by atoms with van der Waals surface area (Å²) in [5.74, 6) is 0.228. The fourth-order valence-corrected chi connectivity index (χ4v) is 2.31. The number of aromatic nitrogens is 1. The first-order valence-corrected chi connectivity index (χ1v) is 6.59. The molecule has 1 atom stereocenters. The lowest BCUT2D eigenvalue weighted by atomic mass is 10.0. The summed E-state index contributed by atoms with van der Waals surface area (Å²) in [6.45, 7) is 0. The molecule has 0 bridgehead atoms. The van der Waals surface area contributed by atoms with Crippen molar-refractivity contribution < 1.29 is 9.13 Å². The van der Waals surface area contributed by atoms with Gasteiger partial charge in [0.25, 0.3) is 0 Å². The quantitative estimate of drug-likeness (QED) is 0.939. The van der Waals surface area contributed by atoms with Gasteiger partial charge >= 0.3 is 0 Å². The first kappa shape index (κ1) is 14.0. The van der Waals surface area contributed by atoms with Gasteiger partial charge in [-0.2, -0.15) is 0 Å². The van der Waals surface area contributed by atoms with Gasteiger partial charge in [-0.05, 0) is 36.2 Å². The molecule has 100 valence electrons.